The molecule has 50 heavy (non-hydrogen) atoms. The minimum absolute atomic E-state index is 0. The lowest BCUT2D eigenvalue weighted by Gasteiger charge is -2.03. The largest absolute Gasteiger partial charge is 1.00 e. The van der Waals surface area contributed by atoms with Gasteiger partial charge < -0.3 is 64.9 Å². The Kier molecular flexibility index (Phi) is 37.3. The zero-order valence-corrected chi connectivity index (χ0v) is 39.7. The summed E-state index contributed by atoms with van der Waals surface area (Å²) in [5.74, 6) is 0. The number of pyridine rings is 3. The highest BCUT2D eigenvalue weighted by Crippen LogP contribution is 2.14. The number of hydrogen-bond donors (Lipinski definition) is 0. The maximum absolute atomic E-state index is 3.49. The predicted octanol–water partition coefficient (Wildman–Crippen LogP) is 1.92. The van der Waals surface area contributed by atoms with E-state index in [1.165, 1.54) is 175 Å². The first kappa shape index (κ1) is 52.0. The van der Waals surface area contributed by atoms with Crippen LogP contribution in [-0.2, 0) is 33.5 Å². The van der Waals surface area contributed by atoms with Crippen LogP contribution in [-0.4, -0.2) is 5.33 Å². The van der Waals surface area contributed by atoms with Crippen LogP contribution in [0.3, 0.4) is 0 Å². The SMILES string of the molecule is C[n+]1cccc(CCCCCCCCCCCCBr)c1.Cc1cc(C)c[n+](CCCCCCCCCCCCc2ccc[n+](C)c2)c1.[Br-].[I-].[I-]. The van der Waals surface area contributed by atoms with E-state index in [-0.39, 0.29) is 64.9 Å². The van der Waals surface area contributed by atoms with Gasteiger partial charge >= 0.3 is 0 Å². The first-order valence-corrected chi connectivity index (χ1v) is 20.5. The first-order valence-electron chi connectivity index (χ1n) is 19.4. The van der Waals surface area contributed by atoms with Gasteiger partial charge in [0.05, 0.1) is 0 Å². The summed E-state index contributed by atoms with van der Waals surface area (Å²) in [5, 5.41) is 1.17. The Hall–Kier alpha value is -0.130. The third-order valence-corrected chi connectivity index (χ3v) is 9.74. The zero-order valence-electron chi connectivity index (χ0n) is 32.2. The lowest BCUT2D eigenvalue weighted by molar-refractivity contribution is -0.698. The van der Waals surface area contributed by atoms with Crippen LogP contribution >= 0.6 is 15.9 Å². The van der Waals surface area contributed by atoms with Crippen LogP contribution < -0.4 is 78.6 Å². The standard InChI is InChI=1S/C25H40N2.C18H31BrN.BrH.2HI/c1-23-19-24(2)21-27(20-23)18-13-11-9-7-5-4-6-8-10-12-15-25-16-14-17-26(3)22-25;1-20-16-12-14-18(17-20)13-10-8-6-4-2-3-5-7-9-11-15-19;;;/h14,16-17,19-22H,4-13,15,18H2,1-3H3;12,14,16-17H,2-11,13,15H2,1H3;3*1H/q+2;+1;;;/p-3. The second-order valence-corrected chi connectivity index (χ2v) is 14.9. The number of alkyl halides is 1. The van der Waals surface area contributed by atoms with Gasteiger partial charge in [-0.15, -0.1) is 0 Å². The molecule has 0 aliphatic rings. The number of nitrogens with zero attached hydrogens (tertiary/aromatic N) is 3. The molecular weight excluding hydrogens is 972 g/mol. The molecule has 3 heterocycles. The van der Waals surface area contributed by atoms with E-state index < -0.39 is 0 Å². The highest BCUT2D eigenvalue weighted by molar-refractivity contribution is 9.09. The molecule has 0 N–H and O–H groups in total. The molecular formula is C43H71Br2I2N3. The van der Waals surface area contributed by atoms with Crippen molar-refractivity contribution >= 4 is 15.9 Å². The van der Waals surface area contributed by atoms with Gasteiger partial charge in [-0.1, -0.05) is 112 Å². The summed E-state index contributed by atoms with van der Waals surface area (Å²) in [4.78, 5) is 0. The van der Waals surface area contributed by atoms with Crippen LogP contribution in [0.4, 0.5) is 0 Å². The molecule has 0 bridgehead atoms. The lowest BCUT2D eigenvalue weighted by atomic mass is 10.0. The van der Waals surface area contributed by atoms with Crippen molar-refractivity contribution in [2.45, 2.75) is 162 Å². The van der Waals surface area contributed by atoms with Gasteiger partial charge in [-0.05, 0) is 70.6 Å². The number of aryl methyl sites for hydroxylation is 7. The topological polar surface area (TPSA) is 11.6 Å². The summed E-state index contributed by atoms with van der Waals surface area (Å²) in [5.41, 5.74) is 5.68. The summed E-state index contributed by atoms with van der Waals surface area (Å²) >= 11 is 3.49. The molecule has 0 atom stereocenters. The third kappa shape index (κ3) is 29.3. The van der Waals surface area contributed by atoms with Gasteiger partial charge in [0, 0.05) is 46.1 Å². The summed E-state index contributed by atoms with van der Waals surface area (Å²) < 4.78 is 6.65. The highest BCUT2D eigenvalue weighted by Gasteiger charge is 2.03. The van der Waals surface area contributed by atoms with Crippen LogP contribution in [0, 0.1) is 13.8 Å². The Morgan fingerprint density at radius 1 is 0.480 bits per heavy atom. The van der Waals surface area contributed by atoms with E-state index in [9.17, 15) is 0 Å². The molecule has 0 amide bonds. The fourth-order valence-corrected chi connectivity index (χ4v) is 6.99. The van der Waals surface area contributed by atoms with Crippen molar-refractivity contribution in [1.82, 2.24) is 0 Å². The van der Waals surface area contributed by atoms with Crippen molar-refractivity contribution in [3.8, 4) is 0 Å². The van der Waals surface area contributed by atoms with E-state index in [0.717, 1.165) is 0 Å². The Balaban J connectivity index is 0. The molecule has 0 fully saturated rings. The van der Waals surface area contributed by atoms with Gasteiger partial charge in [-0.2, -0.15) is 0 Å². The molecule has 3 rings (SSSR count). The van der Waals surface area contributed by atoms with Gasteiger partial charge in [-0.25, -0.2) is 13.7 Å². The molecule has 0 spiro atoms. The molecule has 0 saturated heterocycles. The fraction of sp³-hybridized carbons (Fsp3) is 0.651. The molecule has 3 nitrogen and oxygen atoms in total. The highest BCUT2D eigenvalue weighted by atomic mass is 127. The monoisotopic (exact) mass is 1040 g/mol. The lowest BCUT2D eigenvalue weighted by Crippen LogP contribution is -3.00. The van der Waals surface area contributed by atoms with Gasteiger partial charge in [0.1, 0.15) is 20.6 Å². The maximum atomic E-state index is 3.49. The summed E-state index contributed by atoms with van der Waals surface area (Å²) in [7, 11) is 4.20. The smallest absolute Gasteiger partial charge is 0.171 e. The van der Waals surface area contributed by atoms with Crippen LogP contribution in [0.15, 0.2) is 67.5 Å². The number of rotatable bonds is 25. The second-order valence-electron chi connectivity index (χ2n) is 14.1. The van der Waals surface area contributed by atoms with Crippen molar-refractivity contribution < 1.29 is 78.6 Å². The zero-order chi connectivity index (χ0) is 33.8. The molecule has 3 aromatic rings. The Morgan fingerprint density at radius 2 is 0.820 bits per heavy atom. The van der Waals surface area contributed by atoms with Crippen molar-refractivity contribution in [2.75, 3.05) is 5.33 Å². The van der Waals surface area contributed by atoms with E-state index in [2.05, 4.69) is 125 Å². The third-order valence-electron chi connectivity index (χ3n) is 9.18. The molecule has 286 valence electrons. The Labute approximate surface area is 362 Å². The number of halogens is 4. The first-order chi connectivity index (χ1) is 23.0. The average molecular weight is 1040 g/mol. The van der Waals surface area contributed by atoms with Crippen LogP contribution in [0.25, 0.3) is 0 Å². The van der Waals surface area contributed by atoms with Crippen molar-refractivity contribution in [3.05, 3.63) is 89.8 Å². The van der Waals surface area contributed by atoms with Crippen molar-refractivity contribution in [3.63, 3.8) is 0 Å². The molecule has 0 aliphatic carbocycles. The van der Waals surface area contributed by atoms with Crippen LogP contribution in [0.2, 0.25) is 0 Å². The molecule has 0 aromatic carbocycles. The number of aromatic nitrogens is 3. The van der Waals surface area contributed by atoms with E-state index in [4.69, 9.17) is 0 Å². The molecule has 7 heteroatoms. The molecule has 0 saturated carbocycles. The van der Waals surface area contributed by atoms with Gasteiger partial charge in [0.2, 0.25) is 0 Å². The van der Waals surface area contributed by atoms with Crippen molar-refractivity contribution in [2.24, 2.45) is 14.1 Å². The van der Waals surface area contributed by atoms with Crippen molar-refractivity contribution in [1.29, 1.82) is 0 Å². The molecule has 0 radical (unpaired) electrons. The van der Waals surface area contributed by atoms with Crippen LogP contribution in [0.5, 0.6) is 0 Å². The van der Waals surface area contributed by atoms with E-state index in [0.29, 0.717) is 0 Å². The molecule has 0 unspecified atom stereocenters. The quantitative estimate of drug-likeness (QED) is 0.0533. The average Bonchev–Trinajstić information content (AvgIpc) is 3.04. The van der Waals surface area contributed by atoms with Gasteiger partial charge in [0.25, 0.3) is 0 Å². The summed E-state index contributed by atoms with van der Waals surface area (Å²) in [6, 6.07) is 11.0. The minimum Gasteiger partial charge on any atom is -1.00 e. The maximum Gasteiger partial charge on any atom is 0.171 e. The van der Waals surface area contributed by atoms with Gasteiger partial charge in [0.15, 0.2) is 37.2 Å². The Bertz CT molecular complexity index is 1170. The molecule has 3 aromatic heterocycles. The number of hydrogen-bond acceptors (Lipinski definition) is 0. The van der Waals surface area contributed by atoms with Crippen LogP contribution in [0.1, 0.15) is 151 Å². The molecule has 0 aliphatic heterocycles. The minimum atomic E-state index is 0. The van der Waals surface area contributed by atoms with E-state index in [1.54, 1.807) is 0 Å². The van der Waals surface area contributed by atoms with E-state index in [1.807, 2.05) is 0 Å². The normalized spacial score (nSPS) is 10.3. The van der Waals surface area contributed by atoms with E-state index >= 15 is 0 Å². The number of unbranched alkanes of at least 4 members (excludes halogenated alkanes) is 18. The predicted molar refractivity (Wildman–Crippen MR) is 205 cm³/mol. The Morgan fingerprint density at radius 3 is 1.18 bits per heavy atom. The summed E-state index contributed by atoms with van der Waals surface area (Å²) in [6.45, 7) is 5.54. The summed E-state index contributed by atoms with van der Waals surface area (Å²) in [6.07, 6.45) is 43.6. The second kappa shape index (κ2) is 35.9. The fourth-order valence-electron chi connectivity index (χ4n) is 6.59. The van der Waals surface area contributed by atoms with Gasteiger partial charge in [-0.3, -0.25) is 0 Å².